The van der Waals surface area contributed by atoms with E-state index in [1.807, 2.05) is 61.5 Å². The van der Waals surface area contributed by atoms with Crippen LogP contribution in [0.5, 0.6) is 0 Å². The monoisotopic (exact) mass is 324 g/mol. The number of carbonyl (C=O) groups excluding carboxylic acids is 2. The highest BCUT2D eigenvalue weighted by Crippen LogP contribution is 2.10. The summed E-state index contributed by atoms with van der Waals surface area (Å²) in [4.78, 5) is 25.9. The van der Waals surface area contributed by atoms with E-state index in [-0.39, 0.29) is 11.8 Å². The Hall–Kier alpha value is -2.62. The van der Waals surface area contributed by atoms with E-state index in [2.05, 4.69) is 5.32 Å². The minimum Gasteiger partial charge on any atom is -0.350 e. The van der Waals surface area contributed by atoms with E-state index in [4.69, 9.17) is 0 Å². The molecule has 0 aliphatic rings. The van der Waals surface area contributed by atoms with Gasteiger partial charge in [-0.15, -0.1) is 0 Å². The van der Waals surface area contributed by atoms with Gasteiger partial charge in [-0.3, -0.25) is 9.59 Å². The van der Waals surface area contributed by atoms with Gasteiger partial charge in [-0.2, -0.15) is 0 Å². The Morgan fingerprint density at radius 1 is 1.00 bits per heavy atom. The van der Waals surface area contributed by atoms with Crippen molar-refractivity contribution in [3.8, 4) is 0 Å². The molecule has 0 aliphatic heterocycles. The predicted molar refractivity (Wildman–Crippen MR) is 95.2 cm³/mol. The number of hydrogen-bond donors (Lipinski definition) is 1. The van der Waals surface area contributed by atoms with Gasteiger partial charge in [0.15, 0.2) is 0 Å². The van der Waals surface area contributed by atoms with Crippen LogP contribution in [0.1, 0.15) is 30.5 Å². The van der Waals surface area contributed by atoms with Gasteiger partial charge >= 0.3 is 0 Å². The first-order valence-electron chi connectivity index (χ1n) is 8.12. The molecule has 0 radical (unpaired) electrons. The average molecular weight is 324 g/mol. The summed E-state index contributed by atoms with van der Waals surface area (Å²) in [7, 11) is 0. The summed E-state index contributed by atoms with van der Waals surface area (Å²) < 4.78 is 0. The first-order valence-corrected chi connectivity index (χ1v) is 8.12. The number of aryl methyl sites for hydroxylation is 1. The van der Waals surface area contributed by atoms with E-state index in [9.17, 15) is 9.59 Å². The molecule has 24 heavy (non-hydrogen) atoms. The molecular weight excluding hydrogens is 300 g/mol. The number of nitrogens with one attached hydrogen (secondary N) is 1. The Labute approximate surface area is 143 Å². The summed E-state index contributed by atoms with van der Waals surface area (Å²) in [6, 6.07) is 17.2. The summed E-state index contributed by atoms with van der Waals surface area (Å²) in [5.74, 6) is -0.265. The van der Waals surface area contributed by atoms with E-state index in [0.29, 0.717) is 13.1 Å². The quantitative estimate of drug-likeness (QED) is 0.888. The Bertz CT molecular complexity index is 681. The highest BCUT2D eigenvalue weighted by Gasteiger charge is 2.23. The van der Waals surface area contributed by atoms with Gasteiger partial charge < -0.3 is 10.2 Å². The molecule has 2 rings (SSSR count). The van der Waals surface area contributed by atoms with E-state index < -0.39 is 6.04 Å². The lowest BCUT2D eigenvalue weighted by molar-refractivity contribution is -0.139. The van der Waals surface area contributed by atoms with Crippen LogP contribution in [0.3, 0.4) is 0 Å². The maximum Gasteiger partial charge on any atom is 0.242 e. The largest absolute Gasteiger partial charge is 0.350 e. The lowest BCUT2D eigenvalue weighted by Crippen LogP contribution is -2.46. The number of hydrogen-bond acceptors (Lipinski definition) is 2. The van der Waals surface area contributed by atoms with Crippen LogP contribution >= 0.6 is 0 Å². The highest BCUT2D eigenvalue weighted by atomic mass is 16.2. The molecule has 1 unspecified atom stereocenters. The molecule has 4 heteroatoms. The predicted octanol–water partition coefficient (Wildman–Crippen LogP) is 3.05. The second-order valence-corrected chi connectivity index (χ2v) is 6.01. The Morgan fingerprint density at radius 3 is 2.21 bits per heavy atom. The zero-order valence-electron chi connectivity index (χ0n) is 14.5. The van der Waals surface area contributed by atoms with E-state index in [1.54, 1.807) is 11.8 Å². The van der Waals surface area contributed by atoms with Crippen molar-refractivity contribution in [2.75, 3.05) is 0 Å². The molecule has 0 aliphatic carbocycles. The highest BCUT2D eigenvalue weighted by molar-refractivity contribution is 5.86. The molecular formula is C20H24N2O2. The minimum atomic E-state index is -0.520. The van der Waals surface area contributed by atoms with Crippen LogP contribution in [-0.2, 0) is 22.7 Å². The van der Waals surface area contributed by atoms with Crippen molar-refractivity contribution in [2.24, 2.45) is 0 Å². The van der Waals surface area contributed by atoms with Crippen molar-refractivity contribution in [2.45, 2.75) is 39.9 Å². The normalized spacial score (nSPS) is 11.6. The molecule has 2 amide bonds. The number of carbonyl (C=O) groups is 2. The van der Waals surface area contributed by atoms with E-state index in [1.165, 1.54) is 12.5 Å². The van der Waals surface area contributed by atoms with Gasteiger partial charge in [0.25, 0.3) is 0 Å². The molecule has 126 valence electrons. The summed E-state index contributed by atoms with van der Waals surface area (Å²) in [6.45, 7) is 6.16. The zero-order valence-corrected chi connectivity index (χ0v) is 14.5. The van der Waals surface area contributed by atoms with Crippen molar-refractivity contribution in [1.82, 2.24) is 10.2 Å². The van der Waals surface area contributed by atoms with Crippen LogP contribution in [0.25, 0.3) is 0 Å². The molecule has 0 spiro atoms. The van der Waals surface area contributed by atoms with Crippen LogP contribution in [0.4, 0.5) is 0 Å². The number of benzene rings is 2. The van der Waals surface area contributed by atoms with E-state index >= 15 is 0 Å². The van der Waals surface area contributed by atoms with Crippen molar-refractivity contribution in [1.29, 1.82) is 0 Å². The standard InChI is InChI=1S/C20H24N2O2/c1-15-9-11-18(12-10-15)13-21-20(24)16(2)22(17(3)23)14-19-7-5-4-6-8-19/h4-12,16H,13-14H2,1-3H3,(H,21,24). The number of rotatable bonds is 6. The third-order valence-corrected chi connectivity index (χ3v) is 4.03. The van der Waals surface area contributed by atoms with Crippen molar-refractivity contribution in [3.63, 3.8) is 0 Å². The van der Waals surface area contributed by atoms with Gasteiger partial charge in [0.05, 0.1) is 0 Å². The molecule has 0 bridgehead atoms. The van der Waals surface area contributed by atoms with E-state index in [0.717, 1.165) is 11.1 Å². The van der Waals surface area contributed by atoms with Crippen LogP contribution < -0.4 is 5.32 Å². The summed E-state index contributed by atoms with van der Waals surface area (Å²) in [5, 5.41) is 2.91. The first-order chi connectivity index (χ1) is 11.5. The summed E-state index contributed by atoms with van der Waals surface area (Å²) >= 11 is 0. The molecule has 0 fully saturated rings. The SMILES string of the molecule is CC(=O)N(Cc1ccccc1)C(C)C(=O)NCc1ccc(C)cc1. The average Bonchev–Trinajstić information content (AvgIpc) is 2.59. The van der Waals surface area contributed by atoms with Gasteiger partial charge in [0.1, 0.15) is 6.04 Å². The van der Waals surface area contributed by atoms with Gasteiger partial charge in [0, 0.05) is 20.0 Å². The van der Waals surface area contributed by atoms with Crippen LogP contribution in [0.15, 0.2) is 54.6 Å². The summed E-state index contributed by atoms with van der Waals surface area (Å²) in [6.07, 6.45) is 0. The zero-order chi connectivity index (χ0) is 17.5. The molecule has 4 nitrogen and oxygen atoms in total. The first kappa shape index (κ1) is 17.7. The van der Waals surface area contributed by atoms with Crippen molar-refractivity contribution in [3.05, 3.63) is 71.3 Å². The maximum atomic E-state index is 12.4. The smallest absolute Gasteiger partial charge is 0.242 e. The Kier molecular flexibility index (Phi) is 6.13. The fraction of sp³-hybridized carbons (Fsp3) is 0.300. The summed E-state index contributed by atoms with van der Waals surface area (Å²) in [5.41, 5.74) is 3.23. The van der Waals surface area contributed by atoms with Gasteiger partial charge in [-0.05, 0) is 25.0 Å². The number of nitrogens with zero attached hydrogens (tertiary/aromatic N) is 1. The fourth-order valence-electron chi connectivity index (χ4n) is 2.49. The Morgan fingerprint density at radius 2 is 1.62 bits per heavy atom. The maximum absolute atomic E-state index is 12.4. The van der Waals surface area contributed by atoms with Crippen molar-refractivity contribution < 1.29 is 9.59 Å². The topological polar surface area (TPSA) is 49.4 Å². The lowest BCUT2D eigenvalue weighted by atomic mass is 10.1. The van der Waals surface area contributed by atoms with Gasteiger partial charge in [0.2, 0.25) is 11.8 Å². The molecule has 0 saturated heterocycles. The van der Waals surface area contributed by atoms with Crippen LogP contribution in [0, 0.1) is 6.92 Å². The molecule has 1 N–H and O–H groups in total. The molecule has 0 saturated carbocycles. The third kappa shape index (κ3) is 4.95. The molecule has 1 atom stereocenters. The Balaban J connectivity index is 1.97. The molecule has 0 heterocycles. The van der Waals surface area contributed by atoms with Gasteiger partial charge in [-0.1, -0.05) is 60.2 Å². The fourth-order valence-corrected chi connectivity index (χ4v) is 2.49. The molecule has 2 aromatic rings. The minimum absolute atomic E-state index is 0.114. The molecule has 2 aromatic carbocycles. The second-order valence-electron chi connectivity index (χ2n) is 6.01. The lowest BCUT2D eigenvalue weighted by Gasteiger charge is -2.27. The van der Waals surface area contributed by atoms with Crippen molar-refractivity contribution >= 4 is 11.8 Å². The van der Waals surface area contributed by atoms with Crippen LogP contribution in [0.2, 0.25) is 0 Å². The van der Waals surface area contributed by atoms with Gasteiger partial charge in [-0.25, -0.2) is 0 Å². The number of amides is 2. The molecule has 0 aromatic heterocycles. The van der Waals surface area contributed by atoms with Crippen LogP contribution in [-0.4, -0.2) is 22.8 Å². The third-order valence-electron chi connectivity index (χ3n) is 4.03. The second kappa shape index (κ2) is 8.29.